The third-order valence-electron chi connectivity index (χ3n) is 3.94. The molecule has 0 atom stereocenters. The van der Waals surface area contributed by atoms with E-state index in [1.807, 2.05) is 30.3 Å². The largest absolute Gasteiger partial charge is 0.496 e. The first-order valence-electron chi connectivity index (χ1n) is 7.64. The van der Waals surface area contributed by atoms with Crippen LogP contribution in [0, 0.1) is 6.92 Å². The summed E-state index contributed by atoms with van der Waals surface area (Å²) in [6.07, 6.45) is 0. The summed E-state index contributed by atoms with van der Waals surface area (Å²) in [7, 11) is 1.59. The fourth-order valence-corrected chi connectivity index (χ4v) is 2.83. The van der Waals surface area contributed by atoms with Crippen molar-refractivity contribution in [2.24, 2.45) is 0 Å². The van der Waals surface area contributed by atoms with E-state index in [4.69, 9.17) is 4.74 Å². The van der Waals surface area contributed by atoms with Crippen LogP contribution in [-0.4, -0.2) is 12.9 Å². The van der Waals surface area contributed by atoms with E-state index in [9.17, 15) is 4.79 Å². The number of halogens is 1. The Bertz CT molecular complexity index is 865. The van der Waals surface area contributed by atoms with Crippen molar-refractivity contribution in [3.8, 4) is 16.9 Å². The van der Waals surface area contributed by atoms with Gasteiger partial charge in [-0.15, -0.1) is 0 Å². The van der Waals surface area contributed by atoms with Crippen LogP contribution in [0.3, 0.4) is 0 Å². The maximum Gasteiger partial charge on any atom is 0.196 e. The van der Waals surface area contributed by atoms with Crippen molar-refractivity contribution in [3.05, 3.63) is 87.9 Å². The van der Waals surface area contributed by atoms with E-state index in [2.05, 4.69) is 47.1 Å². The van der Waals surface area contributed by atoms with Gasteiger partial charge in [0.2, 0.25) is 0 Å². The molecule has 120 valence electrons. The third-order valence-corrected chi connectivity index (χ3v) is 4.47. The lowest BCUT2D eigenvalue weighted by atomic mass is 9.98. The molecule has 0 spiro atoms. The van der Waals surface area contributed by atoms with Crippen LogP contribution in [0.1, 0.15) is 21.5 Å². The van der Waals surface area contributed by atoms with E-state index >= 15 is 0 Å². The number of hydrogen-bond donors (Lipinski definition) is 0. The number of methoxy groups -OCH3 is 1. The highest BCUT2D eigenvalue weighted by atomic mass is 79.9. The summed E-state index contributed by atoms with van der Waals surface area (Å²) in [6.45, 7) is 2.06. The van der Waals surface area contributed by atoms with Crippen LogP contribution in [0.25, 0.3) is 11.1 Å². The first-order chi connectivity index (χ1) is 11.6. The molecule has 0 saturated heterocycles. The first-order valence-corrected chi connectivity index (χ1v) is 8.43. The predicted molar refractivity (Wildman–Crippen MR) is 101 cm³/mol. The van der Waals surface area contributed by atoms with Gasteiger partial charge in [0, 0.05) is 10.0 Å². The molecule has 3 rings (SSSR count). The Morgan fingerprint density at radius 1 is 0.875 bits per heavy atom. The van der Waals surface area contributed by atoms with Crippen molar-refractivity contribution in [1.82, 2.24) is 0 Å². The van der Waals surface area contributed by atoms with Gasteiger partial charge >= 0.3 is 0 Å². The van der Waals surface area contributed by atoms with Crippen LogP contribution in [0.5, 0.6) is 5.75 Å². The fourth-order valence-electron chi connectivity index (χ4n) is 2.56. The number of rotatable bonds is 4. The first kappa shape index (κ1) is 16.5. The topological polar surface area (TPSA) is 26.3 Å². The average molecular weight is 381 g/mol. The zero-order valence-corrected chi connectivity index (χ0v) is 15.1. The quantitative estimate of drug-likeness (QED) is 0.545. The lowest BCUT2D eigenvalue weighted by molar-refractivity contribution is 0.103. The number of benzene rings is 3. The molecule has 0 aliphatic rings. The van der Waals surface area contributed by atoms with Gasteiger partial charge in [0.05, 0.1) is 12.7 Å². The molecule has 2 nitrogen and oxygen atoms in total. The maximum absolute atomic E-state index is 12.7. The van der Waals surface area contributed by atoms with Crippen molar-refractivity contribution in [1.29, 1.82) is 0 Å². The number of hydrogen-bond acceptors (Lipinski definition) is 2. The molecular weight excluding hydrogens is 364 g/mol. The van der Waals surface area contributed by atoms with Crippen molar-refractivity contribution in [2.75, 3.05) is 7.11 Å². The van der Waals surface area contributed by atoms with Crippen LogP contribution >= 0.6 is 15.9 Å². The summed E-state index contributed by atoms with van der Waals surface area (Å²) in [6, 6.07) is 21.3. The van der Waals surface area contributed by atoms with E-state index in [1.165, 1.54) is 5.56 Å². The zero-order chi connectivity index (χ0) is 17.1. The zero-order valence-electron chi connectivity index (χ0n) is 13.5. The Labute approximate surface area is 150 Å². The van der Waals surface area contributed by atoms with Crippen molar-refractivity contribution in [3.63, 3.8) is 0 Å². The highest BCUT2D eigenvalue weighted by Crippen LogP contribution is 2.29. The van der Waals surface area contributed by atoms with Crippen LogP contribution in [0.4, 0.5) is 0 Å². The van der Waals surface area contributed by atoms with Gasteiger partial charge in [-0.3, -0.25) is 4.79 Å². The van der Waals surface area contributed by atoms with Gasteiger partial charge in [-0.05, 0) is 54.4 Å². The Balaban J connectivity index is 1.99. The average Bonchev–Trinajstić information content (AvgIpc) is 2.62. The summed E-state index contributed by atoms with van der Waals surface area (Å²) in [5.41, 5.74) is 4.55. The summed E-state index contributed by atoms with van der Waals surface area (Å²) in [4.78, 5) is 12.7. The second kappa shape index (κ2) is 7.02. The van der Waals surface area contributed by atoms with E-state index in [-0.39, 0.29) is 5.78 Å². The standard InChI is InChI=1S/C21H17BrO2/c1-14-3-5-15(6-4-14)17-9-12-19(20(13-17)24-2)21(23)16-7-10-18(22)11-8-16/h3-13H,1-2H3. The summed E-state index contributed by atoms with van der Waals surface area (Å²) >= 11 is 3.38. The van der Waals surface area contributed by atoms with Crippen molar-refractivity contribution < 1.29 is 9.53 Å². The molecule has 0 heterocycles. The van der Waals surface area contributed by atoms with Gasteiger partial charge in [0.15, 0.2) is 5.78 Å². The number of aryl methyl sites for hydroxylation is 1. The Kier molecular flexibility index (Phi) is 4.81. The van der Waals surface area contributed by atoms with Crippen LogP contribution in [-0.2, 0) is 0 Å². The van der Waals surface area contributed by atoms with Gasteiger partial charge in [0.1, 0.15) is 5.75 Å². The second-order valence-electron chi connectivity index (χ2n) is 5.62. The van der Waals surface area contributed by atoms with E-state index in [0.29, 0.717) is 16.9 Å². The highest BCUT2D eigenvalue weighted by molar-refractivity contribution is 9.10. The molecule has 0 aromatic heterocycles. The molecule has 0 aliphatic carbocycles. The smallest absolute Gasteiger partial charge is 0.196 e. The van der Waals surface area contributed by atoms with Crippen molar-refractivity contribution >= 4 is 21.7 Å². The number of ketones is 1. The molecule has 3 heteroatoms. The minimum Gasteiger partial charge on any atom is -0.496 e. The second-order valence-corrected chi connectivity index (χ2v) is 6.53. The van der Waals surface area contributed by atoms with Crippen LogP contribution < -0.4 is 4.74 Å². The summed E-state index contributed by atoms with van der Waals surface area (Å²) in [5.74, 6) is 0.538. The molecule has 0 saturated carbocycles. The molecule has 3 aromatic carbocycles. The molecule has 0 radical (unpaired) electrons. The van der Waals surface area contributed by atoms with E-state index < -0.39 is 0 Å². The van der Waals surface area contributed by atoms with Crippen molar-refractivity contribution in [2.45, 2.75) is 6.92 Å². The summed E-state index contributed by atoms with van der Waals surface area (Å²) < 4.78 is 6.41. The minimum atomic E-state index is -0.0465. The SMILES string of the molecule is COc1cc(-c2ccc(C)cc2)ccc1C(=O)c1ccc(Br)cc1. The number of ether oxygens (including phenoxy) is 1. The monoisotopic (exact) mass is 380 g/mol. The molecule has 0 fully saturated rings. The van der Waals surface area contributed by atoms with Gasteiger partial charge < -0.3 is 4.74 Å². The van der Waals surface area contributed by atoms with E-state index in [0.717, 1.165) is 15.6 Å². The van der Waals surface area contributed by atoms with Gasteiger partial charge in [0.25, 0.3) is 0 Å². The third kappa shape index (κ3) is 3.41. The van der Waals surface area contributed by atoms with E-state index in [1.54, 1.807) is 19.2 Å². The molecule has 0 aliphatic heterocycles. The molecule has 0 amide bonds. The van der Waals surface area contributed by atoms with Crippen LogP contribution in [0.2, 0.25) is 0 Å². The number of carbonyl (C=O) groups is 1. The normalized spacial score (nSPS) is 10.5. The Morgan fingerprint density at radius 3 is 2.12 bits per heavy atom. The maximum atomic E-state index is 12.7. The molecule has 0 bridgehead atoms. The highest BCUT2D eigenvalue weighted by Gasteiger charge is 2.15. The predicted octanol–water partition coefficient (Wildman–Crippen LogP) is 5.66. The molecule has 0 unspecified atom stereocenters. The molecule has 0 N–H and O–H groups in total. The van der Waals surface area contributed by atoms with Gasteiger partial charge in [-0.25, -0.2) is 0 Å². The number of carbonyl (C=O) groups excluding carboxylic acids is 1. The fraction of sp³-hybridized carbons (Fsp3) is 0.0952. The molecule has 3 aromatic rings. The van der Waals surface area contributed by atoms with Crippen LogP contribution in [0.15, 0.2) is 71.2 Å². The molecule has 24 heavy (non-hydrogen) atoms. The molecular formula is C21H17BrO2. The lowest BCUT2D eigenvalue weighted by Gasteiger charge is -2.11. The summed E-state index contributed by atoms with van der Waals surface area (Å²) in [5, 5.41) is 0. The van der Waals surface area contributed by atoms with Gasteiger partial charge in [-0.1, -0.05) is 51.8 Å². The van der Waals surface area contributed by atoms with Gasteiger partial charge in [-0.2, -0.15) is 0 Å². The Hall–Kier alpha value is -2.39. The lowest BCUT2D eigenvalue weighted by Crippen LogP contribution is -2.04. The Morgan fingerprint density at radius 2 is 1.50 bits per heavy atom. The minimum absolute atomic E-state index is 0.0465.